The van der Waals surface area contributed by atoms with Crippen LogP contribution in [0.25, 0.3) is 0 Å². The summed E-state index contributed by atoms with van der Waals surface area (Å²) in [6.07, 6.45) is 0.332. The molecule has 5 nitrogen and oxygen atoms in total. The van der Waals surface area contributed by atoms with Crippen LogP contribution in [0.3, 0.4) is 0 Å². The summed E-state index contributed by atoms with van der Waals surface area (Å²) in [7, 11) is -3.99. The first kappa shape index (κ1) is 23.9. The molecule has 0 bridgehead atoms. The molecule has 0 saturated heterocycles. The van der Waals surface area contributed by atoms with Crippen molar-refractivity contribution in [3.8, 4) is 0 Å². The van der Waals surface area contributed by atoms with Gasteiger partial charge in [0, 0.05) is 16.0 Å². The summed E-state index contributed by atoms with van der Waals surface area (Å²) in [5.41, 5.74) is 0.618. The molecule has 2 aromatic rings. The van der Waals surface area contributed by atoms with E-state index in [0.29, 0.717) is 17.0 Å². The van der Waals surface area contributed by atoms with Crippen LogP contribution in [0.5, 0.6) is 0 Å². The molecule has 1 atom stereocenters. The van der Waals surface area contributed by atoms with E-state index in [9.17, 15) is 13.2 Å². The molecular weight excluding hydrogens is 478 g/mol. The molecule has 29 heavy (non-hydrogen) atoms. The normalized spacial score (nSPS) is 12.9. The van der Waals surface area contributed by atoms with E-state index in [0.717, 1.165) is 4.47 Å². The summed E-state index contributed by atoms with van der Waals surface area (Å²) in [4.78, 5) is 12.9. The molecule has 0 heterocycles. The fourth-order valence-corrected chi connectivity index (χ4v) is 4.94. The van der Waals surface area contributed by atoms with Gasteiger partial charge in [0.1, 0.15) is 6.04 Å². The van der Waals surface area contributed by atoms with E-state index in [4.69, 9.17) is 16.3 Å². The van der Waals surface area contributed by atoms with Crippen LogP contribution in [0.15, 0.2) is 57.9 Å². The van der Waals surface area contributed by atoms with Crippen molar-refractivity contribution < 1.29 is 17.9 Å². The molecule has 158 valence electrons. The number of benzene rings is 2. The van der Waals surface area contributed by atoms with E-state index >= 15 is 0 Å². The van der Waals surface area contributed by atoms with Gasteiger partial charge in [-0.2, -0.15) is 4.31 Å². The first-order valence-corrected chi connectivity index (χ1v) is 11.9. The zero-order valence-electron chi connectivity index (χ0n) is 16.6. The topological polar surface area (TPSA) is 63.7 Å². The molecule has 0 aromatic heterocycles. The Morgan fingerprint density at radius 1 is 1.14 bits per heavy atom. The van der Waals surface area contributed by atoms with Crippen LogP contribution in [0.4, 0.5) is 0 Å². The van der Waals surface area contributed by atoms with Gasteiger partial charge in [-0.1, -0.05) is 59.6 Å². The molecule has 0 unspecified atom stereocenters. The van der Waals surface area contributed by atoms with E-state index in [1.54, 1.807) is 43.3 Å². The highest BCUT2D eigenvalue weighted by Gasteiger charge is 2.37. The highest BCUT2D eigenvalue weighted by Crippen LogP contribution is 2.28. The molecule has 0 aliphatic carbocycles. The summed E-state index contributed by atoms with van der Waals surface area (Å²) in [5.74, 6) is -0.479. The lowest BCUT2D eigenvalue weighted by molar-refractivity contribution is -0.148. The third kappa shape index (κ3) is 6.28. The summed E-state index contributed by atoms with van der Waals surface area (Å²) in [5, 5.41) is 0.440. The first-order chi connectivity index (χ1) is 13.7. The number of hydrogen-bond acceptors (Lipinski definition) is 4. The molecule has 0 spiro atoms. The smallest absolute Gasteiger partial charge is 0.324 e. The van der Waals surface area contributed by atoms with Crippen molar-refractivity contribution in [3.63, 3.8) is 0 Å². The highest BCUT2D eigenvalue weighted by atomic mass is 79.9. The highest BCUT2D eigenvalue weighted by molar-refractivity contribution is 9.10. The van der Waals surface area contributed by atoms with Gasteiger partial charge in [0.2, 0.25) is 10.0 Å². The second-order valence-corrected chi connectivity index (χ2v) is 10.2. The van der Waals surface area contributed by atoms with Crippen LogP contribution in [-0.2, 0) is 26.1 Å². The third-order valence-corrected chi connectivity index (χ3v) is 7.07. The van der Waals surface area contributed by atoms with Crippen LogP contribution < -0.4 is 0 Å². The van der Waals surface area contributed by atoms with Crippen molar-refractivity contribution in [1.82, 2.24) is 4.31 Å². The Kier molecular flexibility index (Phi) is 8.70. The molecule has 0 amide bonds. The number of sulfonamides is 1. The van der Waals surface area contributed by atoms with Gasteiger partial charge in [-0.25, -0.2) is 8.42 Å². The summed E-state index contributed by atoms with van der Waals surface area (Å²) >= 11 is 9.61. The van der Waals surface area contributed by atoms with E-state index in [1.165, 1.54) is 16.4 Å². The van der Waals surface area contributed by atoms with Crippen molar-refractivity contribution in [2.75, 3.05) is 6.61 Å². The van der Waals surface area contributed by atoms with Crippen LogP contribution in [-0.4, -0.2) is 31.3 Å². The Morgan fingerprint density at radius 3 is 2.31 bits per heavy atom. The minimum atomic E-state index is -3.99. The third-order valence-electron chi connectivity index (χ3n) is 4.31. The lowest BCUT2D eigenvalue weighted by Gasteiger charge is -2.31. The summed E-state index contributed by atoms with van der Waals surface area (Å²) in [6, 6.07) is 12.4. The van der Waals surface area contributed by atoms with Gasteiger partial charge in [0.05, 0.1) is 11.5 Å². The molecular formula is C21H25BrClNO4S. The molecule has 8 heteroatoms. The van der Waals surface area contributed by atoms with Gasteiger partial charge in [-0.05, 0) is 55.2 Å². The molecule has 0 fully saturated rings. The maximum absolute atomic E-state index is 13.6. The largest absolute Gasteiger partial charge is 0.465 e. The predicted molar refractivity (Wildman–Crippen MR) is 118 cm³/mol. The van der Waals surface area contributed by atoms with E-state index in [2.05, 4.69) is 15.9 Å². The fraction of sp³-hybridized carbons (Fsp3) is 0.381. The average Bonchev–Trinajstić information content (AvgIpc) is 2.66. The minimum Gasteiger partial charge on any atom is -0.465 e. The number of ether oxygens (including phenoxy) is 1. The SMILES string of the molecule is CCOC(=O)[C@@H](CC(C)C)N(Cc1ccccc1Cl)S(=O)(=O)c1ccc(Br)cc1. The Bertz CT molecular complexity index is 932. The van der Waals surface area contributed by atoms with Gasteiger partial charge in [-0.15, -0.1) is 0 Å². The summed E-state index contributed by atoms with van der Waals surface area (Å²) in [6.45, 7) is 5.71. The van der Waals surface area contributed by atoms with Crippen molar-refractivity contribution in [3.05, 3.63) is 63.6 Å². The van der Waals surface area contributed by atoms with Crippen LogP contribution in [0.1, 0.15) is 32.8 Å². The van der Waals surface area contributed by atoms with Gasteiger partial charge < -0.3 is 4.74 Å². The van der Waals surface area contributed by atoms with Crippen molar-refractivity contribution >= 4 is 43.5 Å². The first-order valence-electron chi connectivity index (χ1n) is 9.34. The second-order valence-electron chi connectivity index (χ2n) is 6.99. The Morgan fingerprint density at radius 2 is 1.76 bits per heavy atom. The molecule has 0 aliphatic heterocycles. The Balaban J connectivity index is 2.57. The molecule has 2 aromatic carbocycles. The van der Waals surface area contributed by atoms with Gasteiger partial charge in [0.15, 0.2) is 0 Å². The average molecular weight is 503 g/mol. The lowest BCUT2D eigenvalue weighted by Crippen LogP contribution is -2.46. The van der Waals surface area contributed by atoms with Gasteiger partial charge in [0.25, 0.3) is 0 Å². The number of halogens is 2. The minimum absolute atomic E-state index is 0.0335. The van der Waals surface area contributed by atoms with E-state index < -0.39 is 22.0 Å². The fourth-order valence-electron chi connectivity index (χ4n) is 2.92. The van der Waals surface area contributed by atoms with Gasteiger partial charge in [-0.3, -0.25) is 4.79 Å². The Hall–Kier alpha value is -1.41. The van der Waals surface area contributed by atoms with Crippen LogP contribution in [0.2, 0.25) is 5.02 Å². The van der Waals surface area contributed by atoms with Gasteiger partial charge >= 0.3 is 5.97 Å². The van der Waals surface area contributed by atoms with Crippen LogP contribution in [0, 0.1) is 5.92 Å². The Labute approximate surface area is 186 Å². The zero-order valence-corrected chi connectivity index (χ0v) is 19.8. The maximum atomic E-state index is 13.6. The lowest BCUT2D eigenvalue weighted by atomic mass is 10.0. The van der Waals surface area contributed by atoms with E-state index in [1.807, 2.05) is 13.8 Å². The van der Waals surface area contributed by atoms with Crippen molar-refractivity contribution in [2.24, 2.45) is 5.92 Å². The molecule has 0 aliphatic rings. The van der Waals surface area contributed by atoms with E-state index in [-0.39, 0.29) is 24.0 Å². The summed E-state index contributed by atoms with van der Waals surface area (Å²) < 4.78 is 34.3. The number of carbonyl (C=O) groups is 1. The standard InChI is InChI=1S/C21H25BrClNO4S/c1-4-28-21(25)20(13-15(2)3)24(14-16-7-5-6-8-19(16)23)29(26,27)18-11-9-17(22)10-12-18/h5-12,15,20H,4,13-14H2,1-3H3/t20-/m1/s1. The zero-order chi connectivity index (χ0) is 21.6. The van der Waals surface area contributed by atoms with Crippen LogP contribution >= 0.6 is 27.5 Å². The monoisotopic (exact) mass is 501 g/mol. The molecule has 0 radical (unpaired) electrons. The number of nitrogens with zero attached hydrogens (tertiary/aromatic N) is 1. The molecule has 2 rings (SSSR count). The number of rotatable bonds is 9. The second kappa shape index (κ2) is 10.6. The molecule has 0 N–H and O–H groups in total. The van der Waals surface area contributed by atoms with Crippen molar-refractivity contribution in [1.29, 1.82) is 0 Å². The number of carbonyl (C=O) groups excluding carboxylic acids is 1. The number of esters is 1. The van der Waals surface area contributed by atoms with Crippen molar-refractivity contribution in [2.45, 2.75) is 44.7 Å². The maximum Gasteiger partial charge on any atom is 0.324 e. The number of hydrogen-bond donors (Lipinski definition) is 0. The predicted octanol–water partition coefficient (Wildman–Crippen LogP) is 5.27. The molecule has 0 saturated carbocycles. The quantitative estimate of drug-likeness (QED) is 0.438.